The lowest BCUT2D eigenvalue weighted by atomic mass is 9.99. The van der Waals surface area contributed by atoms with Crippen LogP contribution in [0.1, 0.15) is 36.0 Å². The molecule has 0 spiro atoms. The number of benzene rings is 1. The molecule has 2 nitrogen and oxygen atoms in total. The molecule has 0 heterocycles. The van der Waals surface area contributed by atoms with Crippen molar-refractivity contribution in [2.24, 2.45) is 0 Å². The summed E-state index contributed by atoms with van der Waals surface area (Å²) < 4.78 is 0. The van der Waals surface area contributed by atoms with Crippen LogP contribution >= 0.6 is 11.8 Å². The maximum Gasteiger partial charge on any atom is 0.172 e. The Hall–Kier alpha value is -1.09. The molecule has 1 aliphatic carbocycles. The van der Waals surface area contributed by atoms with Crippen LogP contribution in [0, 0.1) is 0 Å². The van der Waals surface area contributed by atoms with Crippen molar-refractivity contribution in [3.8, 4) is 0 Å². The zero-order chi connectivity index (χ0) is 12.1. The number of carbonyl (C=O) groups excluding carboxylic acids is 2. The van der Waals surface area contributed by atoms with Crippen molar-refractivity contribution in [3.05, 3.63) is 35.9 Å². The highest BCUT2D eigenvalue weighted by molar-refractivity contribution is 8.00. The minimum Gasteiger partial charge on any atom is -0.300 e. The van der Waals surface area contributed by atoms with Gasteiger partial charge in [-0.2, -0.15) is 0 Å². The molecule has 1 unspecified atom stereocenters. The molecule has 0 radical (unpaired) electrons. The molecule has 1 aromatic carbocycles. The Morgan fingerprint density at radius 1 is 1.29 bits per heavy atom. The summed E-state index contributed by atoms with van der Waals surface area (Å²) in [7, 11) is 0. The summed E-state index contributed by atoms with van der Waals surface area (Å²) in [5.41, 5.74) is 0.766. The Bertz CT molecular complexity index is 400. The molecule has 0 saturated heterocycles. The number of hydrogen-bond donors (Lipinski definition) is 0. The van der Waals surface area contributed by atoms with Crippen LogP contribution < -0.4 is 0 Å². The summed E-state index contributed by atoms with van der Waals surface area (Å²) >= 11 is 1.63. The van der Waals surface area contributed by atoms with Crippen LogP contribution in [0.25, 0.3) is 0 Å². The van der Waals surface area contributed by atoms with E-state index < -0.39 is 0 Å². The summed E-state index contributed by atoms with van der Waals surface area (Å²) in [6, 6.07) is 9.34. The summed E-state index contributed by atoms with van der Waals surface area (Å²) in [5.74, 6) is 0.997. The molecule has 1 atom stereocenters. The lowest BCUT2D eigenvalue weighted by Crippen LogP contribution is -2.18. The summed E-state index contributed by atoms with van der Waals surface area (Å²) in [4.78, 5) is 23.2. The van der Waals surface area contributed by atoms with E-state index in [1.165, 1.54) is 0 Å². The molecule has 0 N–H and O–H groups in total. The average molecular weight is 248 g/mol. The number of hydrogen-bond acceptors (Lipinski definition) is 3. The summed E-state index contributed by atoms with van der Waals surface area (Å²) in [6.45, 7) is 0. The van der Waals surface area contributed by atoms with Gasteiger partial charge in [0.25, 0.3) is 0 Å². The number of rotatable bonds is 4. The SMILES string of the molecule is O=C1CCCC(SCC(=O)c2ccccc2)C1. The molecule has 1 fully saturated rings. The minimum absolute atomic E-state index is 0.161. The Balaban J connectivity index is 1.82. The molecule has 3 heteroatoms. The van der Waals surface area contributed by atoms with Gasteiger partial charge in [-0.15, -0.1) is 11.8 Å². The van der Waals surface area contributed by atoms with E-state index in [2.05, 4.69) is 0 Å². The molecule has 2 rings (SSSR count). The van der Waals surface area contributed by atoms with E-state index in [1.54, 1.807) is 11.8 Å². The number of Topliss-reactive ketones (excluding diaryl/α,β-unsaturated/α-hetero) is 2. The molecule has 1 aliphatic rings. The second kappa shape index (κ2) is 6.01. The molecular weight excluding hydrogens is 232 g/mol. The van der Waals surface area contributed by atoms with E-state index in [-0.39, 0.29) is 5.78 Å². The Kier molecular flexibility index (Phi) is 4.37. The molecular formula is C14H16O2S. The van der Waals surface area contributed by atoms with Crippen molar-refractivity contribution in [1.82, 2.24) is 0 Å². The third-order valence-electron chi connectivity index (χ3n) is 2.98. The van der Waals surface area contributed by atoms with Gasteiger partial charge in [-0.3, -0.25) is 9.59 Å². The van der Waals surface area contributed by atoms with Crippen LogP contribution in [0.5, 0.6) is 0 Å². The Morgan fingerprint density at radius 3 is 2.76 bits per heavy atom. The Labute approximate surface area is 106 Å². The van der Waals surface area contributed by atoms with Crippen molar-refractivity contribution < 1.29 is 9.59 Å². The van der Waals surface area contributed by atoms with Crippen LogP contribution in [-0.2, 0) is 4.79 Å². The van der Waals surface area contributed by atoms with Gasteiger partial charge >= 0.3 is 0 Å². The quantitative estimate of drug-likeness (QED) is 0.768. The van der Waals surface area contributed by atoms with Crippen LogP contribution in [0.3, 0.4) is 0 Å². The molecule has 0 aromatic heterocycles. The normalized spacial score (nSPS) is 20.2. The first-order valence-corrected chi connectivity index (χ1v) is 7.02. The zero-order valence-corrected chi connectivity index (χ0v) is 10.5. The largest absolute Gasteiger partial charge is 0.300 e. The first-order chi connectivity index (χ1) is 8.25. The van der Waals surface area contributed by atoms with Gasteiger partial charge in [0.2, 0.25) is 0 Å². The van der Waals surface area contributed by atoms with Crippen LogP contribution in [0.2, 0.25) is 0 Å². The second-order valence-corrected chi connectivity index (χ2v) is 5.65. The van der Waals surface area contributed by atoms with Crippen molar-refractivity contribution >= 4 is 23.3 Å². The topological polar surface area (TPSA) is 34.1 Å². The highest BCUT2D eigenvalue weighted by Gasteiger charge is 2.20. The van der Waals surface area contributed by atoms with Crippen LogP contribution in [-0.4, -0.2) is 22.6 Å². The molecule has 0 aliphatic heterocycles. The van der Waals surface area contributed by atoms with Gasteiger partial charge in [0.1, 0.15) is 5.78 Å². The molecule has 0 bridgehead atoms. The molecule has 90 valence electrons. The van der Waals surface area contributed by atoms with Crippen LogP contribution in [0.15, 0.2) is 30.3 Å². The fourth-order valence-electron chi connectivity index (χ4n) is 2.03. The van der Waals surface area contributed by atoms with Gasteiger partial charge in [-0.1, -0.05) is 30.3 Å². The summed E-state index contributed by atoms with van der Waals surface area (Å²) in [5, 5.41) is 0.351. The second-order valence-electron chi connectivity index (χ2n) is 4.36. The monoisotopic (exact) mass is 248 g/mol. The maximum atomic E-state index is 11.9. The molecule has 1 aromatic rings. The lowest BCUT2D eigenvalue weighted by Gasteiger charge is -2.19. The van der Waals surface area contributed by atoms with E-state index in [1.807, 2.05) is 30.3 Å². The van der Waals surface area contributed by atoms with E-state index in [9.17, 15) is 9.59 Å². The van der Waals surface area contributed by atoms with E-state index in [0.29, 0.717) is 23.2 Å². The third kappa shape index (κ3) is 3.70. The molecule has 1 saturated carbocycles. The predicted molar refractivity (Wildman–Crippen MR) is 70.5 cm³/mol. The van der Waals surface area contributed by atoms with Crippen LogP contribution in [0.4, 0.5) is 0 Å². The fourth-order valence-corrected chi connectivity index (χ4v) is 3.22. The number of carbonyl (C=O) groups is 2. The number of thioether (sulfide) groups is 1. The van der Waals surface area contributed by atoms with Gasteiger partial charge in [0, 0.05) is 23.7 Å². The predicted octanol–water partition coefficient (Wildman–Crippen LogP) is 3.11. The first-order valence-electron chi connectivity index (χ1n) is 5.97. The fraction of sp³-hybridized carbons (Fsp3) is 0.429. The standard InChI is InChI=1S/C14H16O2S/c15-12-7-4-8-13(9-12)17-10-14(16)11-5-2-1-3-6-11/h1-3,5-6,13H,4,7-10H2. The van der Waals surface area contributed by atoms with Crippen molar-refractivity contribution in [3.63, 3.8) is 0 Å². The molecule has 17 heavy (non-hydrogen) atoms. The van der Waals surface area contributed by atoms with E-state index in [0.717, 1.165) is 24.8 Å². The minimum atomic E-state index is 0.161. The van der Waals surface area contributed by atoms with Crippen molar-refractivity contribution in [1.29, 1.82) is 0 Å². The van der Waals surface area contributed by atoms with Gasteiger partial charge in [-0.25, -0.2) is 0 Å². The number of ketones is 2. The van der Waals surface area contributed by atoms with Gasteiger partial charge in [0.05, 0.1) is 5.75 Å². The van der Waals surface area contributed by atoms with Gasteiger partial charge in [0.15, 0.2) is 5.78 Å². The summed E-state index contributed by atoms with van der Waals surface area (Å²) in [6.07, 6.45) is 3.42. The smallest absolute Gasteiger partial charge is 0.172 e. The van der Waals surface area contributed by atoms with Crippen molar-refractivity contribution in [2.45, 2.75) is 30.9 Å². The van der Waals surface area contributed by atoms with Gasteiger partial charge < -0.3 is 0 Å². The molecule has 0 amide bonds. The lowest BCUT2D eigenvalue weighted by molar-refractivity contribution is -0.120. The van der Waals surface area contributed by atoms with Gasteiger partial charge in [-0.05, 0) is 12.8 Å². The highest BCUT2D eigenvalue weighted by Crippen LogP contribution is 2.26. The maximum absolute atomic E-state index is 11.9. The average Bonchev–Trinajstić information content (AvgIpc) is 2.37. The van der Waals surface area contributed by atoms with Crippen molar-refractivity contribution in [2.75, 3.05) is 5.75 Å². The van der Waals surface area contributed by atoms with E-state index in [4.69, 9.17) is 0 Å². The highest BCUT2D eigenvalue weighted by atomic mass is 32.2. The Morgan fingerprint density at radius 2 is 2.06 bits per heavy atom. The third-order valence-corrected chi connectivity index (χ3v) is 4.29. The van der Waals surface area contributed by atoms with E-state index >= 15 is 0 Å². The zero-order valence-electron chi connectivity index (χ0n) is 9.72. The first kappa shape index (κ1) is 12.4.